The van der Waals surface area contributed by atoms with Gasteiger partial charge in [0, 0.05) is 11.9 Å². The summed E-state index contributed by atoms with van der Waals surface area (Å²) in [4.78, 5) is 4.19. The molecule has 0 amide bonds. The highest BCUT2D eigenvalue weighted by molar-refractivity contribution is 5.88. The number of nitrogens with zero attached hydrogens (tertiary/aromatic N) is 1. The molecule has 1 heterocycles. The molecular formula is C24H23FN6O. The van der Waals surface area contributed by atoms with Gasteiger partial charge in [0.25, 0.3) is 0 Å². The van der Waals surface area contributed by atoms with Gasteiger partial charge in [-0.3, -0.25) is 0 Å². The number of nitrogen functional groups attached to an aromatic ring is 2. The Morgan fingerprint density at radius 1 is 0.719 bits per heavy atom. The second-order valence-corrected chi connectivity index (χ2v) is 7.01. The van der Waals surface area contributed by atoms with E-state index in [-0.39, 0.29) is 5.82 Å². The molecule has 162 valence electrons. The molecule has 0 saturated carbocycles. The maximum absolute atomic E-state index is 13.2. The quantitative estimate of drug-likeness (QED) is 0.242. The molecule has 0 aliphatic rings. The lowest BCUT2D eigenvalue weighted by molar-refractivity contribution is 0.400. The predicted octanol–water partition coefficient (Wildman–Crippen LogP) is 5.62. The van der Waals surface area contributed by atoms with Crippen molar-refractivity contribution in [2.24, 2.45) is 0 Å². The molecule has 0 unspecified atom stereocenters. The fraction of sp³-hybridized carbons (Fsp3) is 0.0417. The van der Waals surface area contributed by atoms with Crippen molar-refractivity contribution in [2.75, 3.05) is 34.5 Å². The van der Waals surface area contributed by atoms with Crippen molar-refractivity contribution in [3.8, 4) is 5.88 Å². The van der Waals surface area contributed by atoms with Crippen LogP contribution in [0.2, 0.25) is 0 Å². The lowest BCUT2D eigenvalue weighted by atomic mass is 10.1. The number of hydrogen-bond donors (Lipinski definition) is 5. The molecular weight excluding hydrogens is 407 g/mol. The van der Waals surface area contributed by atoms with Gasteiger partial charge in [0.15, 0.2) is 0 Å². The van der Waals surface area contributed by atoms with E-state index in [2.05, 4.69) is 20.9 Å². The molecule has 7 nitrogen and oxygen atoms in total. The van der Waals surface area contributed by atoms with Crippen LogP contribution in [0.4, 0.5) is 49.9 Å². The van der Waals surface area contributed by atoms with Crippen molar-refractivity contribution in [3.05, 3.63) is 84.8 Å². The normalized spacial score (nSPS) is 10.4. The van der Waals surface area contributed by atoms with E-state index in [0.29, 0.717) is 34.3 Å². The lowest BCUT2D eigenvalue weighted by Crippen LogP contribution is -2.04. The van der Waals surface area contributed by atoms with Crippen LogP contribution >= 0.6 is 0 Å². The van der Waals surface area contributed by atoms with Crippen molar-refractivity contribution in [1.29, 1.82) is 0 Å². The summed E-state index contributed by atoms with van der Waals surface area (Å²) in [6.07, 6.45) is 1.65. The number of halogens is 1. The number of methoxy groups -OCH3 is 1. The molecule has 32 heavy (non-hydrogen) atoms. The average molecular weight is 430 g/mol. The molecule has 1 aromatic heterocycles. The molecule has 0 fully saturated rings. The Balaban J connectivity index is 1.62. The van der Waals surface area contributed by atoms with E-state index in [0.717, 1.165) is 17.1 Å². The number of nitrogens with two attached hydrogens (primary N) is 2. The maximum atomic E-state index is 13.2. The molecule has 3 aromatic carbocycles. The van der Waals surface area contributed by atoms with Crippen LogP contribution in [0.3, 0.4) is 0 Å². The molecule has 4 aromatic rings. The van der Waals surface area contributed by atoms with Crippen LogP contribution in [-0.2, 0) is 0 Å². The Labute approximate surface area is 185 Å². The van der Waals surface area contributed by atoms with Gasteiger partial charge in [-0.2, -0.15) is 0 Å². The molecule has 0 saturated heterocycles. The van der Waals surface area contributed by atoms with Crippen LogP contribution in [-0.4, -0.2) is 12.1 Å². The summed E-state index contributed by atoms with van der Waals surface area (Å²) in [5.41, 5.74) is 17.7. The lowest BCUT2D eigenvalue weighted by Gasteiger charge is -2.18. The van der Waals surface area contributed by atoms with Gasteiger partial charge in [0.2, 0.25) is 5.88 Å². The minimum atomic E-state index is -0.290. The first-order valence-corrected chi connectivity index (χ1v) is 9.87. The van der Waals surface area contributed by atoms with Crippen molar-refractivity contribution < 1.29 is 9.13 Å². The van der Waals surface area contributed by atoms with Crippen molar-refractivity contribution in [2.45, 2.75) is 0 Å². The number of hydrogen-bond acceptors (Lipinski definition) is 7. The minimum Gasteiger partial charge on any atom is -0.480 e. The van der Waals surface area contributed by atoms with E-state index < -0.39 is 0 Å². The second kappa shape index (κ2) is 9.13. The Morgan fingerprint density at radius 2 is 1.31 bits per heavy atom. The van der Waals surface area contributed by atoms with Gasteiger partial charge in [-0.25, -0.2) is 9.37 Å². The fourth-order valence-electron chi connectivity index (χ4n) is 3.18. The average Bonchev–Trinajstić information content (AvgIpc) is 2.80. The van der Waals surface area contributed by atoms with E-state index in [1.165, 1.54) is 12.1 Å². The number of benzene rings is 3. The van der Waals surface area contributed by atoms with Crippen LogP contribution < -0.4 is 32.2 Å². The molecule has 0 aliphatic heterocycles. The van der Waals surface area contributed by atoms with Crippen LogP contribution in [0.15, 0.2) is 79.0 Å². The van der Waals surface area contributed by atoms with Crippen molar-refractivity contribution in [3.63, 3.8) is 0 Å². The first-order valence-electron chi connectivity index (χ1n) is 9.87. The van der Waals surface area contributed by atoms with Gasteiger partial charge >= 0.3 is 0 Å². The standard InChI is InChI=1S/C24H23FN6O/c1-32-24-21(7-4-12-28-24)31-23-14-22(17(26)13-18(23)27)30-20-6-3-2-5-19(20)29-16-10-8-15(25)9-11-16/h2-14,29-31H,26-27H2,1H3. The second-order valence-electron chi connectivity index (χ2n) is 7.01. The van der Waals surface area contributed by atoms with E-state index >= 15 is 0 Å². The number of ether oxygens (including phenoxy) is 1. The van der Waals surface area contributed by atoms with Crippen molar-refractivity contribution >= 4 is 45.5 Å². The molecule has 4 rings (SSSR count). The molecule has 0 bridgehead atoms. The van der Waals surface area contributed by atoms with Crippen LogP contribution in [0.5, 0.6) is 5.88 Å². The minimum absolute atomic E-state index is 0.290. The fourth-order valence-corrected chi connectivity index (χ4v) is 3.18. The molecule has 0 atom stereocenters. The summed E-state index contributed by atoms with van der Waals surface area (Å²) in [6.45, 7) is 0. The van der Waals surface area contributed by atoms with Gasteiger partial charge in [-0.1, -0.05) is 12.1 Å². The monoisotopic (exact) mass is 430 g/mol. The largest absolute Gasteiger partial charge is 0.480 e. The molecule has 7 N–H and O–H groups in total. The topological polar surface area (TPSA) is 110 Å². The highest BCUT2D eigenvalue weighted by Gasteiger charge is 2.11. The third kappa shape index (κ3) is 4.65. The van der Waals surface area contributed by atoms with E-state index in [1.54, 1.807) is 37.6 Å². The predicted molar refractivity (Wildman–Crippen MR) is 129 cm³/mol. The Bertz CT molecular complexity index is 1230. The summed E-state index contributed by atoms with van der Waals surface area (Å²) in [7, 11) is 1.55. The number of nitrogens with one attached hydrogen (secondary N) is 3. The molecule has 0 aliphatic carbocycles. The number of aromatic nitrogens is 1. The molecule has 0 spiro atoms. The summed E-state index contributed by atoms with van der Waals surface area (Å²) in [5.74, 6) is 0.161. The smallest absolute Gasteiger partial charge is 0.237 e. The first-order chi connectivity index (χ1) is 15.5. The van der Waals surface area contributed by atoms with E-state index in [4.69, 9.17) is 16.2 Å². The SMILES string of the molecule is COc1ncccc1Nc1cc(Nc2ccccc2Nc2ccc(F)cc2)c(N)cc1N. The van der Waals surface area contributed by atoms with Gasteiger partial charge in [0.05, 0.1) is 41.2 Å². The zero-order chi connectivity index (χ0) is 22.5. The Morgan fingerprint density at radius 3 is 1.97 bits per heavy atom. The molecule has 8 heteroatoms. The zero-order valence-corrected chi connectivity index (χ0v) is 17.4. The van der Waals surface area contributed by atoms with Gasteiger partial charge in [-0.05, 0) is 60.7 Å². The summed E-state index contributed by atoms with van der Waals surface area (Å²) >= 11 is 0. The van der Waals surface area contributed by atoms with E-state index in [1.807, 2.05) is 36.4 Å². The van der Waals surface area contributed by atoms with Gasteiger partial charge in [-0.15, -0.1) is 0 Å². The third-order valence-electron chi connectivity index (χ3n) is 4.78. The van der Waals surface area contributed by atoms with Crippen LogP contribution in [0.1, 0.15) is 0 Å². The highest BCUT2D eigenvalue weighted by atomic mass is 19.1. The Kier molecular flexibility index (Phi) is 5.94. The number of anilines is 8. The summed E-state index contributed by atoms with van der Waals surface area (Å²) in [5, 5.41) is 9.88. The van der Waals surface area contributed by atoms with Crippen molar-refractivity contribution in [1.82, 2.24) is 4.98 Å². The summed E-state index contributed by atoms with van der Waals surface area (Å²) < 4.78 is 18.5. The number of rotatable bonds is 7. The van der Waals surface area contributed by atoms with Gasteiger partial charge in [0.1, 0.15) is 11.5 Å². The third-order valence-corrected chi connectivity index (χ3v) is 4.78. The Hall–Kier alpha value is -4.46. The zero-order valence-electron chi connectivity index (χ0n) is 17.4. The van der Waals surface area contributed by atoms with Gasteiger partial charge < -0.3 is 32.2 Å². The number of pyridine rings is 1. The maximum Gasteiger partial charge on any atom is 0.237 e. The first kappa shape index (κ1) is 20.8. The highest BCUT2D eigenvalue weighted by Crippen LogP contribution is 2.36. The number of para-hydroxylation sites is 2. The molecule has 0 radical (unpaired) electrons. The van der Waals surface area contributed by atoms with E-state index in [9.17, 15) is 4.39 Å². The van der Waals surface area contributed by atoms with Crippen LogP contribution in [0.25, 0.3) is 0 Å². The summed E-state index contributed by atoms with van der Waals surface area (Å²) in [6, 6.07) is 21.0. The van der Waals surface area contributed by atoms with Crippen LogP contribution in [0, 0.1) is 5.82 Å².